The molecule has 2 aliphatic rings. The highest BCUT2D eigenvalue weighted by Crippen LogP contribution is 2.35. The molecule has 25 heavy (non-hydrogen) atoms. The molecule has 1 aromatic carbocycles. The van der Waals surface area contributed by atoms with Crippen LogP contribution >= 0.6 is 0 Å². The summed E-state index contributed by atoms with van der Waals surface area (Å²) in [5, 5.41) is 14.0. The second kappa shape index (κ2) is 7.00. The molecule has 1 aromatic heterocycles. The van der Waals surface area contributed by atoms with Crippen LogP contribution < -0.4 is 0 Å². The van der Waals surface area contributed by atoms with E-state index >= 15 is 0 Å². The van der Waals surface area contributed by atoms with Crippen LogP contribution in [0.3, 0.4) is 0 Å². The molecule has 2 fully saturated rings. The summed E-state index contributed by atoms with van der Waals surface area (Å²) in [5.74, 6) is -0.905. The van der Waals surface area contributed by atoms with Crippen molar-refractivity contribution >= 4 is 5.97 Å². The van der Waals surface area contributed by atoms with Gasteiger partial charge >= 0.3 is 5.97 Å². The van der Waals surface area contributed by atoms with Gasteiger partial charge in [0.05, 0.1) is 23.9 Å². The molecule has 1 N–H and O–H groups in total. The molecule has 5 heteroatoms. The molecule has 1 aliphatic carbocycles. The molecule has 0 amide bonds. The number of aliphatic carboxylic acids is 1. The van der Waals surface area contributed by atoms with Crippen molar-refractivity contribution in [3.8, 4) is 11.3 Å². The lowest BCUT2D eigenvalue weighted by Crippen LogP contribution is -2.23. The molecule has 1 saturated carbocycles. The zero-order valence-corrected chi connectivity index (χ0v) is 14.5. The fourth-order valence-electron chi connectivity index (χ4n) is 4.27. The van der Waals surface area contributed by atoms with Crippen LogP contribution in [0.25, 0.3) is 11.3 Å². The van der Waals surface area contributed by atoms with Crippen LogP contribution in [0.5, 0.6) is 0 Å². The number of aromatic nitrogens is 2. The molecular weight excluding hydrogens is 314 g/mol. The third kappa shape index (κ3) is 3.33. The van der Waals surface area contributed by atoms with Gasteiger partial charge in [-0.15, -0.1) is 0 Å². The summed E-state index contributed by atoms with van der Waals surface area (Å²) in [5.41, 5.74) is 3.63. The maximum atomic E-state index is 11.2. The fourth-order valence-corrected chi connectivity index (χ4v) is 4.27. The SMILES string of the molecule is O=C(O)C1CCN(Cc2cnn(C3CCCC3)c2-c2ccccc2)C1. The topological polar surface area (TPSA) is 58.4 Å². The molecule has 2 aromatic rings. The lowest BCUT2D eigenvalue weighted by atomic mass is 10.1. The van der Waals surface area contributed by atoms with Gasteiger partial charge in [-0.1, -0.05) is 43.2 Å². The van der Waals surface area contributed by atoms with E-state index in [0.717, 1.165) is 19.5 Å². The van der Waals surface area contributed by atoms with E-state index in [0.29, 0.717) is 12.6 Å². The summed E-state index contributed by atoms with van der Waals surface area (Å²) in [7, 11) is 0. The Bertz CT molecular complexity index is 735. The highest BCUT2D eigenvalue weighted by atomic mass is 16.4. The fraction of sp³-hybridized carbons (Fsp3) is 0.500. The minimum atomic E-state index is -0.674. The lowest BCUT2D eigenvalue weighted by Gasteiger charge is -2.18. The molecule has 0 spiro atoms. The van der Waals surface area contributed by atoms with E-state index in [9.17, 15) is 9.90 Å². The van der Waals surface area contributed by atoms with Gasteiger partial charge in [-0.3, -0.25) is 14.4 Å². The van der Waals surface area contributed by atoms with Crippen LogP contribution in [0.4, 0.5) is 0 Å². The number of likely N-dealkylation sites (tertiary alicyclic amines) is 1. The Kier molecular flexibility index (Phi) is 4.57. The van der Waals surface area contributed by atoms with Crippen molar-refractivity contribution < 1.29 is 9.90 Å². The summed E-state index contributed by atoms with van der Waals surface area (Å²) < 4.78 is 2.22. The maximum Gasteiger partial charge on any atom is 0.307 e. The number of nitrogens with zero attached hydrogens (tertiary/aromatic N) is 3. The second-order valence-electron chi connectivity index (χ2n) is 7.33. The molecule has 132 valence electrons. The molecule has 4 rings (SSSR count). The van der Waals surface area contributed by atoms with E-state index in [1.54, 1.807) is 0 Å². The van der Waals surface area contributed by atoms with E-state index < -0.39 is 5.97 Å². The van der Waals surface area contributed by atoms with Crippen molar-refractivity contribution in [2.75, 3.05) is 13.1 Å². The Hall–Kier alpha value is -2.14. The minimum Gasteiger partial charge on any atom is -0.481 e. The first-order chi connectivity index (χ1) is 12.2. The minimum absolute atomic E-state index is 0.231. The zero-order chi connectivity index (χ0) is 17.2. The van der Waals surface area contributed by atoms with E-state index in [1.807, 2.05) is 12.3 Å². The zero-order valence-electron chi connectivity index (χ0n) is 14.5. The van der Waals surface area contributed by atoms with E-state index in [2.05, 4.69) is 33.8 Å². The Balaban J connectivity index is 1.62. The van der Waals surface area contributed by atoms with Crippen LogP contribution in [0.2, 0.25) is 0 Å². The Morgan fingerprint density at radius 1 is 1.16 bits per heavy atom. The second-order valence-corrected chi connectivity index (χ2v) is 7.33. The van der Waals surface area contributed by atoms with Crippen molar-refractivity contribution in [3.05, 3.63) is 42.1 Å². The third-order valence-corrected chi connectivity index (χ3v) is 5.60. The van der Waals surface area contributed by atoms with Gasteiger partial charge in [0.2, 0.25) is 0 Å². The van der Waals surface area contributed by atoms with E-state index in [1.165, 1.54) is 42.5 Å². The van der Waals surface area contributed by atoms with Crippen LogP contribution in [-0.4, -0.2) is 38.8 Å². The number of carboxylic acids is 1. The Morgan fingerprint density at radius 2 is 1.92 bits per heavy atom. The first kappa shape index (κ1) is 16.3. The normalized spacial score (nSPS) is 21.8. The average Bonchev–Trinajstić information content (AvgIpc) is 3.36. The van der Waals surface area contributed by atoms with E-state index in [4.69, 9.17) is 5.10 Å². The largest absolute Gasteiger partial charge is 0.481 e. The molecule has 1 saturated heterocycles. The lowest BCUT2D eigenvalue weighted by molar-refractivity contribution is -0.141. The van der Waals surface area contributed by atoms with Gasteiger partial charge in [-0.2, -0.15) is 5.10 Å². The maximum absolute atomic E-state index is 11.2. The number of benzene rings is 1. The Labute approximate surface area is 148 Å². The smallest absolute Gasteiger partial charge is 0.307 e. The molecule has 0 bridgehead atoms. The third-order valence-electron chi connectivity index (χ3n) is 5.60. The predicted molar refractivity (Wildman–Crippen MR) is 96.2 cm³/mol. The van der Waals surface area contributed by atoms with Crippen molar-refractivity contribution in [1.82, 2.24) is 14.7 Å². The van der Waals surface area contributed by atoms with Crippen LogP contribution in [0.15, 0.2) is 36.5 Å². The summed E-state index contributed by atoms with van der Waals surface area (Å²) in [6.07, 6.45) is 7.69. The van der Waals surface area contributed by atoms with Crippen LogP contribution in [0, 0.1) is 5.92 Å². The highest BCUT2D eigenvalue weighted by Gasteiger charge is 2.29. The van der Waals surface area contributed by atoms with Crippen molar-refractivity contribution in [3.63, 3.8) is 0 Å². The molecule has 0 radical (unpaired) electrons. The number of carboxylic acid groups (broad SMARTS) is 1. The molecule has 1 atom stereocenters. The van der Waals surface area contributed by atoms with Gasteiger partial charge in [0.15, 0.2) is 0 Å². The van der Waals surface area contributed by atoms with Gasteiger partial charge < -0.3 is 5.11 Å². The number of rotatable bonds is 5. The van der Waals surface area contributed by atoms with Gasteiger partial charge in [0.1, 0.15) is 0 Å². The molecule has 1 aliphatic heterocycles. The average molecular weight is 339 g/mol. The first-order valence-corrected chi connectivity index (χ1v) is 9.29. The van der Waals surface area contributed by atoms with E-state index in [-0.39, 0.29) is 5.92 Å². The monoisotopic (exact) mass is 339 g/mol. The highest BCUT2D eigenvalue weighted by molar-refractivity contribution is 5.70. The molecule has 1 unspecified atom stereocenters. The van der Waals surface area contributed by atoms with Gasteiger partial charge in [0, 0.05) is 24.2 Å². The molecule has 5 nitrogen and oxygen atoms in total. The summed E-state index contributed by atoms with van der Waals surface area (Å²) >= 11 is 0. The van der Waals surface area contributed by atoms with Crippen LogP contribution in [0.1, 0.15) is 43.7 Å². The first-order valence-electron chi connectivity index (χ1n) is 9.29. The Morgan fingerprint density at radius 3 is 2.60 bits per heavy atom. The van der Waals surface area contributed by atoms with Crippen molar-refractivity contribution in [1.29, 1.82) is 0 Å². The van der Waals surface area contributed by atoms with Crippen LogP contribution in [-0.2, 0) is 11.3 Å². The van der Waals surface area contributed by atoms with Gasteiger partial charge in [0.25, 0.3) is 0 Å². The van der Waals surface area contributed by atoms with Gasteiger partial charge in [-0.05, 0) is 25.8 Å². The van der Waals surface area contributed by atoms with Crippen molar-refractivity contribution in [2.45, 2.75) is 44.7 Å². The standard InChI is InChI=1S/C20H25N3O2/c24-20(25)16-10-11-22(13-16)14-17-12-21-23(18-8-4-5-9-18)19(17)15-6-2-1-3-7-15/h1-3,6-7,12,16,18H,4-5,8-11,13-14H2,(H,24,25). The summed E-state index contributed by atoms with van der Waals surface area (Å²) in [6, 6.07) is 11.0. The number of hydrogen-bond acceptors (Lipinski definition) is 3. The predicted octanol–water partition coefficient (Wildman–Crippen LogP) is 3.57. The van der Waals surface area contributed by atoms with Gasteiger partial charge in [-0.25, -0.2) is 0 Å². The summed E-state index contributed by atoms with van der Waals surface area (Å²) in [6.45, 7) is 2.26. The summed E-state index contributed by atoms with van der Waals surface area (Å²) in [4.78, 5) is 13.5. The number of hydrogen-bond donors (Lipinski definition) is 1. The quantitative estimate of drug-likeness (QED) is 0.905. The van der Waals surface area contributed by atoms with Crippen molar-refractivity contribution in [2.24, 2.45) is 5.92 Å². The molecule has 2 heterocycles. The molecular formula is C20H25N3O2. The number of carbonyl (C=O) groups is 1.